The average molecular weight is 247 g/mol. The van der Waals surface area contributed by atoms with Gasteiger partial charge in [0, 0.05) is 24.1 Å². The Hall–Kier alpha value is -1.88. The molecular weight excluding hydrogens is 234 g/mol. The van der Waals surface area contributed by atoms with Crippen molar-refractivity contribution in [3.63, 3.8) is 0 Å². The van der Waals surface area contributed by atoms with Crippen molar-refractivity contribution in [1.82, 2.24) is 9.78 Å². The van der Waals surface area contributed by atoms with Crippen molar-refractivity contribution in [3.8, 4) is 0 Å². The number of aromatic nitrogens is 2. The highest BCUT2D eigenvalue weighted by Gasteiger charge is 2.03. The van der Waals surface area contributed by atoms with Gasteiger partial charge in [-0.15, -0.1) is 11.3 Å². The third-order valence-corrected chi connectivity index (χ3v) is 3.03. The molecule has 1 amide bonds. The summed E-state index contributed by atoms with van der Waals surface area (Å²) >= 11 is 1.59. The van der Waals surface area contributed by atoms with Gasteiger partial charge in [0.05, 0.1) is 5.69 Å². The molecule has 0 spiro atoms. The molecule has 0 saturated heterocycles. The SMILES string of the molecule is Cc1cc(NC(=O)/C=C/c2cccs2)n(C)n1. The van der Waals surface area contributed by atoms with E-state index in [2.05, 4.69) is 10.4 Å². The second kappa shape index (κ2) is 4.97. The number of hydrogen-bond donors (Lipinski definition) is 1. The maximum absolute atomic E-state index is 11.6. The molecule has 4 nitrogen and oxygen atoms in total. The maximum atomic E-state index is 11.6. The fourth-order valence-corrected chi connectivity index (χ4v) is 2.06. The summed E-state index contributed by atoms with van der Waals surface area (Å²) in [5.41, 5.74) is 0.880. The molecule has 17 heavy (non-hydrogen) atoms. The summed E-state index contributed by atoms with van der Waals surface area (Å²) in [5.74, 6) is 0.546. The molecule has 0 aliphatic heterocycles. The largest absolute Gasteiger partial charge is 0.307 e. The topological polar surface area (TPSA) is 46.9 Å². The Morgan fingerprint density at radius 2 is 2.41 bits per heavy atom. The highest BCUT2D eigenvalue weighted by atomic mass is 32.1. The lowest BCUT2D eigenvalue weighted by Crippen LogP contribution is -2.11. The van der Waals surface area contributed by atoms with E-state index in [1.165, 1.54) is 6.08 Å². The highest BCUT2D eigenvalue weighted by molar-refractivity contribution is 7.10. The number of amides is 1. The molecule has 0 bridgehead atoms. The Kier molecular flexibility index (Phi) is 3.39. The van der Waals surface area contributed by atoms with Crippen LogP contribution >= 0.6 is 11.3 Å². The van der Waals surface area contributed by atoms with Crippen LogP contribution in [0.25, 0.3) is 6.08 Å². The number of aryl methyl sites for hydroxylation is 2. The standard InChI is InChI=1S/C12H13N3OS/c1-9-8-11(15(2)14-9)13-12(16)6-5-10-4-3-7-17-10/h3-8H,1-2H3,(H,13,16)/b6-5+. The average Bonchev–Trinajstić information content (AvgIpc) is 2.87. The first-order chi connectivity index (χ1) is 8.15. The van der Waals surface area contributed by atoms with E-state index in [4.69, 9.17) is 0 Å². The fourth-order valence-electron chi connectivity index (χ4n) is 1.44. The molecule has 0 aliphatic rings. The number of nitrogens with one attached hydrogen (secondary N) is 1. The van der Waals surface area contributed by atoms with Crippen LogP contribution in [0, 0.1) is 6.92 Å². The first-order valence-corrected chi connectivity index (χ1v) is 6.06. The van der Waals surface area contributed by atoms with Crippen molar-refractivity contribution in [2.75, 3.05) is 5.32 Å². The van der Waals surface area contributed by atoms with Gasteiger partial charge in [-0.2, -0.15) is 5.10 Å². The van der Waals surface area contributed by atoms with Gasteiger partial charge in [-0.1, -0.05) is 6.07 Å². The van der Waals surface area contributed by atoms with Gasteiger partial charge in [0.25, 0.3) is 0 Å². The van der Waals surface area contributed by atoms with Gasteiger partial charge < -0.3 is 5.32 Å². The van der Waals surface area contributed by atoms with Gasteiger partial charge in [-0.25, -0.2) is 0 Å². The normalized spacial score (nSPS) is 10.9. The van der Waals surface area contributed by atoms with Crippen LogP contribution in [0.15, 0.2) is 29.7 Å². The van der Waals surface area contributed by atoms with E-state index < -0.39 is 0 Å². The minimum Gasteiger partial charge on any atom is -0.307 e. The van der Waals surface area contributed by atoms with E-state index in [1.807, 2.05) is 30.5 Å². The Morgan fingerprint density at radius 3 is 3.00 bits per heavy atom. The molecule has 2 rings (SSSR count). The minimum absolute atomic E-state index is 0.151. The van der Waals surface area contributed by atoms with Crippen molar-refractivity contribution in [2.45, 2.75) is 6.92 Å². The third-order valence-electron chi connectivity index (χ3n) is 2.20. The zero-order valence-electron chi connectivity index (χ0n) is 9.68. The zero-order chi connectivity index (χ0) is 12.3. The molecule has 0 saturated carbocycles. The van der Waals surface area contributed by atoms with Crippen LogP contribution in [-0.2, 0) is 11.8 Å². The Labute approximate surface area is 104 Å². The Morgan fingerprint density at radius 1 is 1.59 bits per heavy atom. The molecule has 5 heteroatoms. The molecular formula is C12H13N3OS. The monoisotopic (exact) mass is 247 g/mol. The molecule has 2 aromatic heterocycles. The van der Waals surface area contributed by atoms with E-state index in [-0.39, 0.29) is 5.91 Å². The van der Waals surface area contributed by atoms with Gasteiger partial charge in [-0.05, 0) is 24.4 Å². The van der Waals surface area contributed by atoms with E-state index in [0.29, 0.717) is 5.82 Å². The van der Waals surface area contributed by atoms with Crippen LogP contribution in [0.3, 0.4) is 0 Å². The summed E-state index contributed by atoms with van der Waals surface area (Å²) in [7, 11) is 1.80. The molecule has 1 N–H and O–H groups in total. The van der Waals surface area contributed by atoms with Crippen LogP contribution in [0.5, 0.6) is 0 Å². The molecule has 0 fully saturated rings. The molecule has 88 valence electrons. The molecule has 0 atom stereocenters. The van der Waals surface area contributed by atoms with Gasteiger partial charge in [0.15, 0.2) is 0 Å². The number of carbonyl (C=O) groups is 1. The lowest BCUT2D eigenvalue weighted by atomic mass is 10.4. The number of carbonyl (C=O) groups excluding carboxylic acids is 1. The Bertz CT molecular complexity index is 540. The number of thiophene rings is 1. The van der Waals surface area contributed by atoms with Crippen LogP contribution in [0.2, 0.25) is 0 Å². The Balaban J connectivity index is 2.00. The summed E-state index contributed by atoms with van der Waals surface area (Å²) < 4.78 is 1.65. The molecule has 2 aromatic rings. The van der Waals surface area contributed by atoms with Crippen molar-refractivity contribution < 1.29 is 4.79 Å². The summed E-state index contributed by atoms with van der Waals surface area (Å²) in [6.45, 7) is 1.89. The second-order valence-corrected chi connectivity index (χ2v) is 4.61. The number of rotatable bonds is 3. The maximum Gasteiger partial charge on any atom is 0.249 e. The van der Waals surface area contributed by atoms with E-state index in [1.54, 1.807) is 29.1 Å². The molecule has 0 aliphatic carbocycles. The lowest BCUT2D eigenvalue weighted by molar-refractivity contribution is -0.111. The predicted molar refractivity (Wildman–Crippen MR) is 69.9 cm³/mol. The number of nitrogens with zero attached hydrogens (tertiary/aromatic N) is 2. The quantitative estimate of drug-likeness (QED) is 0.847. The summed E-state index contributed by atoms with van der Waals surface area (Å²) in [6.07, 6.45) is 3.32. The first-order valence-electron chi connectivity index (χ1n) is 5.18. The zero-order valence-corrected chi connectivity index (χ0v) is 10.5. The van der Waals surface area contributed by atoms with Gasteiger partial charge in [0.2, 0.25) is 5.91 Å². The van der Waals surface area contributed by atoms with Crippen LogP contribution < -0.4 is 5.32 Å². The van der Waals surface area contributed by atoms with Crippen molar-refractivity contribution in [3.05, 3.63) is 40.2 Å². The third kappa shape index (κ3) is 3.04. The molecule has 2 heterocycles. The smallest absolute Gasteiger partial charge is 0.249 e. The van der Waals surface area contributed by atoms with Crippen LogP contribution in [-0.4, -0.2) is 15.7 Å². The molecule has 0 unspecified atom stereocenters. The number of hydrogen-bond acceptors (Lipinski definition) is 3. The van der Waals surface area contributed by atoms with Crippen LogP contribution in [0.4, 0.5) is 5.82 Å². The van der Waals surface area contributed by atoms with Crippen molar-refractivity contribution in [1.29, 1.82) is 0 Å². The van der Waals surface area contributed by atoms with Crippen molar-refractivity contribution in [2.24, 2.45) is 7.05 Å². The summed E-state index contributed by atoms with van der Waals surface area (Å²) in [6, 6.07) is 5.74. The van der Waals surface area contributed by atoms with E-state index in [0.717, 1.165) is 10.6 Å². The van der Waals surface area contributed by atoms with Gasteiger partial charge in [0.1, 0.15) is 5.82 Å². The van der Waals surface area contributed by atoms with Crippen molar-refractivity contribution >= 4 is 29.1 Å². The second-order valence-electron chi connectivity index (χ2n) is 3.63. The minimum atomic E-state index is -0.151. The molecule has 0 aromatic carbocycles. The molecule has 0 radical (unpaired) electrons. The fraction of sp³-hybridized carbons (Fsp3) is 0.167. The predicted octanol–water partition coefficient (Wildman–Crippen LogP) is 2.44. The van der Waals surface area contributed by atoms with Gasteiger partial charge in [-0.3, -0.25) is 9.48 Å². The number of anilines is 1. The summed E-state index contributed by atoms with van der Waals surface area (Å²) in [5, 5.41) is 8.90. The lowest BCUT2D eigenvalue weighted by Gasteiger charge is -2.00. The summed E-state index contributed by atoms with van der Waals surface area (Å²) in [4.78, 5) is 12.7. The van der Waals surface area contributed by atoms with E-state index >= 15 is 0 Å². The first kappa shape index (κ1) is 11.6. The van der Waals surface area contributed by atoms with Crippen LogP contribution in [0.1, 0.15) is 10.6 Å². The highest BCUT2D eigenvalue weighted by Crippen LogP contribution is 2.11. The van der Waals surface area contributed by atoms with E-state index in [9.17, 15) is 4.79 Å². The van der Waals surface area contributed by atoms with Gasteiger partial charge >= 0.3 is 0 Å².